The molecule has 0 atom stereocenters. The molecular formula is C13H11IN2O3. The summed E-state index contributed by atoms with van der Waals surface area (Å²) < 4.78 is 6.90. The molecule has 0 spiro atoms. The van der Waals surface area contributed by atoms with Gasteiger partial charge in [0.2, 0.25) is 0 Å². The Bertz CT molecular complexity index is 667. The monoisotopic (exact) mass is 370 g/mol. The average Bonchev–Trinajstić information content (AvgIpc) is 2.43. The van der Waals surface area contributed by atoms with Crippen LogP contribution in [0.25, 0.3) is 0 Å². The number of para-hydroxylation sites is 1. The fourth-order valence-corrected chi connectivity index (χ4v) is 2.12. The lowest BCUT2D eigenvalue weighted by Gasteiger charge is -2.08. The molecule has 98 valence electrons. The first-order valence-electron chi connectivity index (χ1n) is 5.49. The standard InChI is InChI=1S/C13H11IN2O3/c1-19-12-5-3-2-4-9(12)11(17)7-16-8-15-6-10(14)13(16)18/h2-6,8H,7H2,1H3. The first kappa shape index (κ1) is 13.7. The Morgan fingerprint density at radius 3 is 2.89 bits per heavy atom. The number of benzene rings is 1. The van der Waals surface area contributed by atoms with Gasteiger partial charge in [-0.2, -0.15) is 0 Å². The second kappa shape index (κ2) is 5.96. The molecule has 6 heteroatoms. The van der Waals surface area contributed by atoms with Crippen molar-refractivity contribution in [3.05, 3.63) is 56.3 Å². The molecule has 2 aromatic rings. The molecule has 0 saturated heterocycles. The van der Waals surface area contributed by atoms with Crippen molar-refractivity contribution >= 4 is 28.4 Å². The predicted molar refractivity (Wildman–Crippen MR) is 78.5 cm³/mol. The molecule has 0 aliphatic carbocycles. The fraction of sp³-hybridized carbons (Fsp3) is 0.154. The number of carbonyl (C=O) groups excluding carboxylic acids is 1. The molecule has 19 heavy (non-hydrogen) atoms. The summed E-state index contributed by atoms with van der Waals surface area (Å²) in [5.74, 6) is 0.308. The largest absolute Gasteiger partial charge is 0.496 e. The average molecular weight is 370 g/mol. The number of rotatable bonds is 4. The molecule has 0 fully saturated rings. The predicted octanol–water partition coefficient (Wildman–Crippen LogP) is 1.74. The van der Waals surface area contributed by atoms with Gasteiger partial charge in [0, 0.05) is 6.20 Å². The smallest absolute Gasteiger partial charge is 0.267 e. The highest BCUT2D eigenvalue weighted by atomic mass is 127. The zero-order valence-corrected chi connectivity index (χ0v) is 12.3. The van der Waals surface area contributed by atoms with Crippen LogP contribution in [0.2, 0.25) is 0 Å². The Morgan fingerprint density at radius 1 is 1.42 bits per heavy atom. The highest BCUT2D eigenvalue weighted by molar-refractivity contribution is 14.1. The zero-order chi connectivity index (χ0) is 13.8. The normalized spacial score (nSPS) is 10.2. The van der Waals surface area contributed by atoms with Gasteiger partial charge < -0.3 is 4.74 Å². The van der Waals surface area contributed by atoms with E-state index in [-0.39, 0.29) is 17.9 Å². The van der Waals surface area contributed by atoms with Crippen molar-refractivity contribution in [2.75, 3.05) is 7.11 Å². The quantitative estimate of drug-likeness (QED) is 0.608. The molecule has 2 rings (SSSR count). The summed E-state index contributed by atoms with van der Waals surface area (Å²) in [6, 6.07) is 6.93. The maximum atomic E-state index is 12.2. The van der Waals surface area contributed by atoms with Crippen LogP contribution >= 0.6 is 22.6 Å². The maximum Gasteiger partial charge on any atom is 0.267 e. The van der Waals surface area contributed by atoms with Crippen molar-refractivity contribution in [1.82, 2.24) is 9.55 Å². The molecule has 0 aliphatic heterocycles. The van der Waals surface area contributed by atoms with Crippen molar-refractivity contribution in [1.29, 1.82) is 0 Å². The van der Waals surface area contributed by atoms with Crippen LogP contribution in [-0.4, -0.2) is 22.4 Å². The van der Waals surface area contributed by atoms with E-state index < -0.39 is 0 Å². The summed E-state index contributed by atoms with van der Waals surface area (Å²) in [6.07, 6.45) is 2.82. The van der Waals surface area contributed by atoms with Gasteiger partial charge in [0.25, 0.3) is 5.56 Å². The Morgan fingerprint density at radius 2 is 2.16 bits per heavy atom. The van der Waals surface area contributed by atoms with Gasteiger partial charge in [0.15, 0.2) is 5.78 Å². The summed E-state index contributed by atoms with van der Waals surface area (Å²) in [4.78, 5) is 27.9. The SMILES string of the molecule is COc1ccccc1C(=O)Cn1cncc(I)c1=O. The number of hydrogen-bond acceptors (Lipinski definition) is 4. The topological polar surface area (TPSA) is 61.2 Å². The summed E-state index contributed by atoms with van der Waals surface area (Å²) in [5, 5.41) is 0. The molecule has 1 aromatic heterocycles. The molecule has 0 unspecified atom stereocenters. The minimum absolute atomic E-state index is 0.0525. The highest BCUT2D eigenvalue weighted by Gasteiger charge is 2.13. The number of ketones is 1. The molecule has 0 radical (unpaired) electrons. The third-order valence-corrected chi connectivity index (χ3v) is 3.32. The number of aromatic nitrogens is 2. The van der Waals surface area contributed by atoms with Gasteiger partial charge >= 0.3 is 0 Å². The van der Waals surface area contributed by atoms with E-state index in [4.69, 9.17) is 4.74 Å². The molecule has 0 saturated carbocycles. The third-order valence-electron chi connectivity index (χ3n) is 2.58. The van der Waals surface area contributed by atoms with Crippen LogP contribution in [0.15, 0.2) is 41.6 Å². The molecule has 0 aliphatic rings. The van der Waals surface area contributed by atoms with Crippen LogP contribution in [0.4, 0.5) is 0 Å². The molecule has 1 aromatic carbocycles. The van der Waals surface area contributed by atoms with Crippen LogP contribution in [0.3, 0.4) is 0 Å². The van der Waals surface area contributed by atoms with Crippen LogP contribution in [-0.2, 0) is 6.54 Å². The van der Waals surface area contributed by atoms with Gasteiger partial charge in [-0.1, -0.05) is 12.1 Å². The second-order valence-corrected chi connectivity index (χ2v) is 4.96. The molecule has 1 heterocycles. The fourth-order valence-electron chi connectivity index (χ4n) is 1.65. The van der Waals surface area contributed by atoms with Crippen LogP contribution < -0.4 is 10.3 Å². The van der Waals surface area contributed by atoms with Crippen molar-refractivity contribution < 1.29 is 9.53 Å². The summed E-state index contributed by atoms with van der Waals surface area (Å²) >= 11 is 1.89. The van der Waals surface area contributed by atoms with E-state index in [1.165, 1.54) is 24.2 Å². The number of nitrogens with zero attached hydrogens (tertiary/aromatic N) is 2. The minimum Gasteiger partial charge on any atom is -0.496 e. The van der Waals surface area contributed by atoms with Gasteiger partial charge in [-0.05, 0) is 34.7 Å². The van der Waals surface area contributed by atoms with E-state index in [1.807, 2.05) is 22.6 Å². The lowest BCUT2D eigenvalue weighted by Crippen LogP contribution is -2.26. The van der Waals surface area contributed by atoms with Crippen molar-refractivity contribution in [3.63, 3.8) is 0 Å². The first-order valence-corrected chi connectivity index (χ1v) is 6.57. The Kier molecular flexibility index (Phi) is 4.31. The van der Waals surface area contributed by atoms with E-state index in [0.717, 1.165) is 0 Å². The summed E-state index contributed by atoms with van der Waals surface area (Å²) in [5.41, 5.74) is 0.231. The Hall–Kier alpha value is -1.70. The van der Waals surface area contributed by atoms with Gasteiger partial charge in [0.05, 0.1) is 29.1 Å². The number of halogens is 1. The highest BCUT2D eigenvalue weighted by Crippen LogP contribution is 2.18. The summed E-state index contributed by atoms with van der Waals surface area (Å²) in [7, 11) is 1.51. The molecular weight excluding hydrogens is 359 g/mol. The molecule has 0 bridgehead atoms. The van der Waals surface area contributed by atoms with Gasteiger partial charge in [-0.25, -0.2) is 4.98 Å². The number of Topliss-reactive ketones (excluding diaryl/α,β-unsaturated/α-hetero) is 1. The van der Waals surface area contributed by atoms with Gasteiger partial charge in [-0.3, -0.25) is 14.2 Å². The molecule has 0 N–H and O–H groups in total. The van der Waals surface area contributed by atoms with Crippen molar-refractivity contribution in [3.8, 4) is 5.75 Å². The van der Waals surface area contributed by atoms with Gasteiger partial charge in [-0.15, -0.1) is 0 Å². The molecule has 5 nitrogen and oxygen atoms in total. The number of methoxy groups -OCH3 is 1. The van der Waals surface area contributed by atoms with Crippen LogP contribution in [0.5, 0.6) is 5.75 Å². The maximum absolute atomic E-state index is 12.2. The molecule has 0 amide bonds. The van der Waals surface area contributed by atoms with E-state index >= 15 is 0 Å². The van der Waals surface area contributed by atoms with E-state index in [2.05, 4.69) is 4.98 Å². The van der Waals surface area contributed by atoms with Crippen LogP contribution in [0.1, 0.15) is 10.4 Å². The number of hydrogen-bond donors (Lipinski definition) is 0. The third kappa shape index (κ3) is 3.01. The Balaban J connectivity index is 2.31. The zero-order valence-electron chi connectivity index (χ0n) is 10.2. The van der Waals surface area contributed by atoms with Crippen molar-refractivity contribution in [2.24, 2.45) is 0 Å². The number of carbonyl (C=O) groups is 1. The number of ether oxygens (including phenoxy) is 1. The van der Waals surface area contributed by atoms with Crippen molar-refractivity contribution in [2.45, 2.75) is 6.54 Å². The van der Waals surface area contributed by atoms with Gasteiger partial charge in [0.1, 0.15) is 5.75 Å². The first-order chi connectivity index (χ1) is 9.13. The second-order valence-electron chi connectivity index (χ2n) is 3.80. The van der Waals surface area contributed by atoms with E-state index in [1.54, 1.807) is 24.3 Å². The Labute approximate surface area is 123 Å². The van der Waals surface area contributed by atoms with Crippen LogP contribution in [0, 0.1) is 3.57 Å². The van der Waals surface area contributed by atoms with E-state index in [0.29, 0.717) is 14.9 Å². The van der Waals surface area contributed by atoms with E-state index in [9.17, 15) is 9.59 Å². The summed E-state index contributed by atoms with van der Waals surface area (Å²) in [6.45, 7) is -0.0525. The lowest BCUT2D eigenvalue weighted by atomic mass is 10.1. The lowest BCUT2D eigenvalue weighted by molar-refractivity contribution is 0.0967. The minimum atomic E-state index is -0.223.